The van der Waals surface area contributed by atoms with Gasteiger partial charge in [0.05, 0.1) is 27.1 Å². The van der Waals surface area contributed by atoms with Crippen molar-refractivity contribution < 1.29 is 23.5 Å². The summed E-state index contributed by atoms with van der Waals surface area (Å²) in [7, 11) is 0. The predicted octanol–water partition coefficient (Wildman–Crippen LogP) is 4.21. The minimum absolute atomic E-state index is 0.153. The molecule has 0 fully saturated rings. The quantitative estimate of drug-likeness (QED) is 0.354. The number of carbonyl (C=O) groups excluding carboxylic acids is 3. The first-order valence-corrected chi connectivity index (χ1v) is 12.5. The Labute approximate surface area is 202 Å². The van der Waals surface area contributed by atoms with Crippen molar-refractivity contribution >= 4 is 55.7 Å². The number of esters is 1. The Bertz CT molecular complexity index is 1320. The molecule has 1 aliphatic carbocycles. The fourth-order valence-electron chi connectivity index (χ4n) is 3.87. The number of aryl methyl sites for hydroxylation is 1. The van der Waals surface area contributed by atoms with Gasteiger partial charge < -0.3 is 19.8 Å². The molecule has 0 saturated carbocycles. The third-order valence-electron chi connectivity index (χ3n) is 5.43. The number of nitrogens with one attached hydrogen (secondary N) is 2. The van der Waals surface area contributed by atoms with Gasteiger partial charge in [-0.3, -0.25) is 9.59 Å². The van der Waals surface area contributed by atoms with Gasteiger partial charge in [0.1, 0.15) is 5.00 Å². The van der Waals surface area contributed by atoms with Crippen LogP contribution in [0.5, 0.6) is 0 Å². The number of thiazole rings is 1. The molecule has 3 aromatic heterocycles. The highest BCUT2D eigenvalue weighted by atomic mass is 32.1. The van der Waals surface area contributed by atoms with Crippen molar-refractivity contribution in [1.29, 1.82) is 0 Å². The highest BCUT2D eigenvalue weighted by Crippen LogP contribution is 2.39. The molecule has 0 radical (unpaired) electrons. The molecule has 3 heterocycles. The van der Waals surface area contributed by atoms with Crippen LogP contribution in [0.4, 0.5) is 5.00 Å². The van der Waals surface area contributed by atoms with E-state index in [-0.39, 0.29) is 11.7 Å². The number of aromatic nitrogens is 1. The van der Waals surface area contributed by atoms with Crippen LogP contribution in [0.25, 0.3) is 10.2 Å². The zero-order chi connectivity index (χ0) is 23.5. The number of furan rings is 1. The molecule has 0 bridgehead atoms. The Balaban J connectivity index is 1.17. The molecule has 5 rings (SSSR count). The normalized spacial score (nSPS) is 12.5. The standard InChI is InChI=1S/C24H21N3O5S2/c28-19(25-11-10-20-26-15-6-1-2-8-18(15)33-20)13-32-24(30)21-14-5-3-9-17(14)34-23(21)27-22(29)16-7-4-12-31-16/h1-2,4,6-8,12H,3,5,9-11,13H2,(H,25,28)(H,27,29). The first kappa shape index (κ1) is 22.3. The van der Waals surface area contributed by atoms with Gasteiger partial charge in [-0.15, -0.1) is 22.7 Å². The Morgan fingerprint density at radius 3 is 2.79 bits per heavy atom. The molecular weight excluding hydrogens is 474 g/mol. The van der Waals surface area contributed by atoms with Crippen LogP contribution in [-0.4, -0.2) is 35.9 Å². The Morgan fingerprint density at radius 2 is 1.97 bits per heavy atom. The van der Waals surface area contributed by atoms with Gasteiger partial charge in [0.15, 0.2) is 12.4 Å². The molecule has 10 heteroatoms. The van der Waals surface area contributed by atoms with Gasteiger partial charge in [0.25, 0.3) is 11.8 Å². The molecule has 2 N–H and O–H groups in total. The molecule has 0 unspecified atom stereocenters. The summed E-state index contributed by atoms with van der Waals surface area (Å²) in [6.45, 7) is 0.00335. The summed E-state index contributed by atoms with van der Waals surface area (Å²) in [6, 6.07) is 11.1. The third-order valence-corrected chi connectivity index (χ3v) is 7.73. The lowest BCUT2D eigenvalue weighted by Crippen LogP contribution is -2.30. The summed E-state index contributed by atoms with van der Waals surface area (Å²) in [5.74, 6) is -1.29. The van der Waals surface area contributed by atoms with E-state index in [1.807, 2.05) is 24.3 Å². The summed E-state index contributed by atoms with van der Waals surface area (Å²) in [4.78, 5) is 43.1. The van der Waals surface area contributed by atoms with Crippen LogP contribution in [-0.2, 0) is 28.8 Å². The lowest BCUT2D eigenvalue weighted by molar-refractivity contribution is -0.124. The smallest absolute Gasteiger partial charge is 0.341 e. The van der Waals surface area contributed by atoms with E-state index in [1.165, 1.54) is 17.6 Å². The van der Waals surface area contributed by atoms with E-state index < -0.39 is 18.5 Å². The van der Waals surface area contributed by atoms with E-state index >= 15 is 0 Å². The first-order chi connectivity index (χ1) is 16.6. The lowest BCUT2D eigenvalue weighted by Gasteiger charge is -2.09. The molecule has 2 amide bonds. The topological polar surface area (TPSA) is 111 Å². The van der Waals surface area contributed by atoms with Crippen LogP contribution in [0.15, 0.2) is 47.1 Å². The van der Waals surface area contributed by atoms with Crippen molar-refractivity contribution in [3.8, 4) is 0 Å². The van der Waals surface area contributed by atoms with Crippen LogP contribution in [0, 0.1) is 0 Å². The molecule has 0 atom stereocenters. The number of benzene rings is 1. The SMILES string of the molecule is O=C(COC(=O)c1c(NC(=O)c2ccco2)sc2c1CCC2)NCCc1nc2ccccc2s1. The molecule has 174 valence electrons. The van der Waals surface area contributed by atoms with Gasteiger partial charge in [-0.1, -0.05) is 12.1 Å². The van der Waals surface area contributed by atoms with E-state index in [0.29, 0.717) is 23.5 Å². The molecule has 0 aliphatic heterocycles. The molecule has 34 heavy (non-hydrogen) atoms. The van der Waals surface area contributed by atoms with E-state index in [0.717, 1.165) is 44.9 Å². The molecular formula is C24H21N3O5S2. The van der Waals surface area contributed by atoms with Gasteiger partial charge in [0.2, 0.25) is 0 Å². The molecule has 1 aromatic carbocycles. The molecule has 0 saturated heterocycles. The number of hydrogen-bond acceptors (Lipinski definition) is 8. The van der Waals surface area contributed by atoms with Crippen LogP contribution >= 0.6 is 22.7 Å². The predicted molar refractivity (Wildman–Crippen MR) is 130 cm³/mol. The minimum Gasteiger partial charge on any atom is -0.459 e. The highest BCUT2D eigenvalue weighted by Gasteiger charge is 2.29. The number of nitrogens with zero attached hydrogens (tertiary/aromatic N) is 1. The first-order valence-electron chi connectivity index (χ1n) is 10.9. The molecule has 8 nitrogen and oxygen atoms in total. The molecule has 0 spiro atoms. The van der Waals surface area contributed by atoms with Gasteiger partial charge in [-0.05, 0) is 49.1 Å². The second-order valence-electron chi connectivity index (χ2n) is 7.74. The van der Waals surface area contributed by atoms with E-state index in [1.54, 1.807) is 23.5 Å². The minimum atomic E-state index is -0.615. The van der Waals surface area contributed by atoms with Crippen molar-refractivity contribution in [2.75, 3.05) is 18.5 Å². The number of carbonyl (C=O) groups is 3. The number of para-hydroxylation sites is 1. The zero-order valence-corrected chi connectivity index (χ0v) is 19.7. The second-order valence-corrected chi connectivity index (χ2v) is 9.96. The Morgan fingerprint density at radius 1 is 1.09 bits per heavy atom. The largest absolute Gasteiger partial charge is 0.459 e. The fourth-order valence-corrected chi connectivity index (χ4v) is 6.11. The second kappa shape index (κ2) is 9.78. The van der Waals surface area contributed by atoms with Crippen molar-refractivity contribution in [2.24, 2.45) is 0 Å². The number of fused-ring (bicyclic) bond motifs is 2. The Kier molecular flexibility index (Phi) is 6.41. The van der Waals surface area contributed by atoms with E-state index in [2.05, 4.69) is 15.6 Å². The summed E-state index contributed by atoms with van der Waals surface area (Å²) >= 11 is 2.96. The average molecular weight is 496 g/mol. The van der Waals surface area contributed by atoms with Gasteiger partial charge in [0, 0.05) is 17.8 Å². The number of rotatable bonds is 8. The molecule has 4 aromatic rings. The zero-order valence-electron chi connectivity index (χ0n) is 18.1. The van der Waals surface area contributed by atoms with Crippen molar-refractivity contribution in [2.45, 2.75) is 25.7 Å². The highest BCUT2D eigenvalue weighted by molar-refractivity contribution is 7.18. The molecule has 1 aliphatic rings. The van der Waals surface area contributed by atoms with Crippen LogP contribution in [0.2, 0.25) is 0 Å². The average Bonchev–Trinajstić information content (AvgIpc) is 3.61. The summed E-state index contributed by atoms with van der Waals surface area (Å²) in [5, 5.41) is 6.88. The third kappa shape index (κ3) is 4.73. The van der Waals surface area contributed by atoms with Crippen molar-refractivity contribution in [1.82, 2.24) is 10.3 Å². The van der Waals surface area contributed by atoms with Gasteiger partial charge in [-0.2, -0.15) is 0 Å². The van der Waals surface area contributed by atoms with E-state index in [9.17, 15) is 14.4 Å². The van der Waals surface area contributed by atoms with E-state index in [4.69, 9.17) is 9.15 Å². The summed E-state index contributed by atoms with van der Waals surface area (Å²) in [6.07, 6.45) is 4.54. The number of amides is 2. The Hall–Kier alpha value is -3.50. The van der Waals surface area contributed by atoms with Crippen LogP contribution in [0.1, 0.15) is 42.8 Å². The summed E-state index contributed by atoms with van der Waals surface area (Å²) < 4.78 is 11.5. The monoisotopic (exact) mass is 495 g/mol. The number of hydrogen-bond donors (Lipinski definition) is 2. The van der Waals surface area contributed by atoms with Crippen LogP contribution in [0.3, 0.4) is 0 Å². The lowest BCUT2D eigenvalue weighted by atomic mass is 10.1. The fraction of sp³-hybridized carbons (Fsp3) is 0.250. The maximum absolute atomic E-state index is 12.9. The van der Waals surface area contributed by atoms with Gasteiger partial charge in [-0.25, -0.2) is 9.78 Å². The van der Waals surface area contributed by atoms with Crippen molar-refractivity contribution in [3.63, 3.8) is 0 Å². The van der Waals surface area contributed by atoms with Crippen LogP contribution < -0.4 is 10.6 Å². The number of thiophene rings is 1. The van der Waals surface area contributed by atoms with Gasteiger partial charge >= 0.3 is 5.97 Å². The summed E-state index contributed by atoms with van der Waals surface area (Å²) in [5.41, 5.74) is 2.17. The maximum atomic E-state index is 12.9. The maximum Gasteiger partial charge on any atom is 0.341 e. The number of anilines is 1. The number of ether oxygens (including phenoxy) is 1. The van der Waals surface area contributed by atoms with Crippen molar-refractivity contribution in [3.05, 3.63) is 69.4 Å².